The van der Waals surface area contributed by atoms with Gasteiger partial charge < -0.3 is 16.0 Å². The lowest BCUT2D eigenvalue weighted by molar-refractivity contribution is -0.132. The van der Waals surface area contributed by atoms with E-state index in [2.05, 4.69) is 31.3 Å². The molecule has 0 bridgehead atoms. The molecule has 2 amide bonds. The first-order chi connectivity index (χ1) is 12.0. The van der Waals surface area contributed by atoms with Crippen molar-refractivity contribution in [3.63, 3.8) is 0 Å². The molecule has 1 aliphatic heterocycles. The second kappa shape index (κ2) is 7.56. The summed E-state index contributed by atoms with van der Waals surface area (Å²) in [5.41, 5.74) is 8.04. The summed E-state index contributed by atoms with van der Waals surface area (Å²) in [6, 6.07) is 8.51. The Labute approximate surface area is 150 Å². The number of nitrogens with two attached hydrogens (primary N) is 1. The Bertz CT molecular complexity index is 618. The zero-order chi connectivity index (χ0) is 18.0. The van der Waals surface area contributed by atoms with Gasteiger partial charge in [0.15, 0.2) is 0 Å². The van der Waals surface area contributed by atoms with Crippen molar-refractivity contribution in [1.29, 1.82) is 0 Å². The molecule has 0 spiro atoms. The number of amides is 2. The number of carbonyl (C=O) groups excluding carboxylic acids is 2. The van der Waals surface area contributed by atoms with Crippen molar-refractivity contribution in [3.8, 4) is 0 Å². The quantitative estimate of drug-likeness (QED) is 0.825. The molecule has 1 atom stereocenters. The largest absolute Gasteiger partial charge is 0.353 e. The van der Waals surface area contributed by atoms with E-state index in [4.69, 9.17) is 5.73 Å². The molecule has 25 heavy (non-hydrogen) atoms. The van der Waals surface area contributed by atoms with E-state index in [1.807, 2.05) is 12.1 Å². The number of rotatable bonds is 4. The zero-order valence-corrected chi connectivity index (χ0v) is 15.2. The Morgan fingerprint density at radius 1 is 1.12 bits per heavy atom. The van der Waals surface area contributed by atoms with Gasteiger partial charge in [-0.2, -0.15) is 0 Å². The molecule has 0 radical (unpaired) electrons. The second-order valence-corrected chi connectivity index (χ2v) is 7.70. The van der Waals surface area contributed by atoms with E-state index in [0.29, 0.717) is 18.9 Å². The predicted octanol–water partition coefficient (Wildman–Crippen LogP) is 2.55. The first-order valence-corrected chi connectivity index (χ1v) is 9.43. The molecular weight excluding hydrogens is 314 g/mol. The maximum atomic E-state index is 12.7. The summed E-state index contributed by atoms with van der Waals surface area (Å²) in [7, 11) is 0. The summed E-state index contributed by atoms with van der Waals surface area (Å²) in [5, 5.41) is 3.07. The molecule has 1 saturated heterocycles. The highest BCUT2D eigenvalue weighted by Crippen LogP contribution is 2.27. The lowest BCUT2D eigenvalue weighted by atomic mass is 9.91. The van der Waals surface area contributed by atoms with Crippen molar-refractivity contribution in [2.24, 2.45) is 11.7 Å². The van der Waals surface area contributed by atoms with Crippen molar-refractivity contribution in [1.82, 2.24) is 5.32 Å². The van der Waals surface area contributed by atoms with E-state index in [0.717, 1.165) is 31.4 Å². The maximum absolute atomic E-state index is 12.7. The van der Waals surface area contributed by atoms with Crippen LogP contribution < -0.4 is 16.0 Å². The molecule has 2 aliphatic rings. The average molecular weight is 343 g/mol. The first kappa shape index (κ1) is 17.9. The standard InChI is InChI=1S/C20H29N3O2/c1-13(2)14-3-9-17(10-4-14)23-12-11-18(20(23)25)19(24)22-16-7-5-15(21)6-8-16/h3-4,9-10,13,15-16,18H,5-8,11-12,21H2,1-2H3,(H,22,24). The van der Waals surface area contributed by atoms with Crippen molar-refractivity contribution in [2.45, 2.75) is 64.0 Å². The van der Waals surface area contributed by atoms with Crippen molar-refractivity contribution in [3.05, 3.63) is 29.8 Å². The van der Waals surface area contributed by atoms with Crippen LogP contribution in [-0.4, -0.2) is 30.4 Å². The third-order valence-electron chi connectivity index (χ3n) is 5.51. The minimum atomic E-state index is -0.555. The fourth-order valence-corrected chi connectivity index (χ4v) is 3.78. The van der Waals surface area contributed by atoms with Crippen LogP contribution in [0.5, 0.6) is 0 Å². The number of benzene rings is 1. The van der Waals surface area contributed by atoms with Gasteiger partial charge in [0.05, 0.1) is 0 Å². The Morgan fingerprint density at radius 3 is 2.36 bits per heavy atom. The SMILES string of the molecule is CC(C)c1ccc(N2CCC(C(=O)NC3CCC(N)CC3)C2=O)cc1. The Morgan fingerprint density at radius 2 is 1.76 bits per heavy atom. The van der Waals surface area contributed by atoms with E-state index in [1.54, 1.807) is 4.90 Å². The molecule has 5 nitrogen and oxygen atoms in total. The molecule has 1 aromatic carbocycles. The van der Waals surface area contributed by atoms with Gasteiger partial charge in [0.2, 0.25) is 11.8 Å². The monoisotopic (exact) mass is 343 g/mol. The highest BCUT2D eigenvalue weighted by molar-refractivity contribution is 6.09. The highest BCUT2D eigenvalue weighted by atomic mass is 16.2. The Hall–Kier alpha value is -1.88. The number of hydrogen-bond acceptors (Lipinski definition) is 3. The molecule has 3 rings (SSSR count). The summed E-state index contributed by atoms with van der Waals surface area (Å²) < 4.78 is 0. The van der Waals surface area contributed by atoms with Gasteiger partial charge in [-0.1, -0.05) is 26.0 Å². The van der Waals surface area contributed by atoms with E-state index in [-0.39, 0.29) is 23.9 Å². The molecule has 136 valence electrons. The van der Waals surface area contributed by atoms with Crippen LogP contribution in [0.2, 0.25) is 0 Å². The fraction of sp³-hybridized carbons (Fsp3) is 0.600. The van der Waals surface area contributed by atoms with E-state index in [9.17, 15) is 9.59 Å². The molecule has 1 aromatic rings. The lowest BCUT2D eigenvalue weighted by Gasteiger charge is -2.27. The van der Waals surface area contributed by atoms with Crippen molar-refractivity contribution >= 4 is 17.5 Å². The minimum Gasteiger partial charge on any atom is -0.353 e. The van der Waals surface area contributed by atoms with Gasteiger partial charge in [-0.05, 0) is 55.7 Å². The van der Waals surface area contributed by atoms with Crippen LogP contribution in [0.3, 0.4) is 0 Å². The molecule has 5 heteroatoms. The Balaban J connectivity index is 1.60. The summed E-state index contributed by atoms with van der Waals surface area (Å²) >= 11 is 0. The number of nitrogens with zero attached hydrogens (tertiary/aromatic N) is 1. The fourth-order valence-electron chi connectivity index (χ4n) is 3.78. The van der Waals surface area contributed by atoms with Gasteiger partial charge in [0, 0.05) is 24.3 Å². The second-order valence-electron chi connectivity index (χ2n) is 7.70. The van der Waals surface area contributed by atoms with E-state index < -0.39 is 5.92 Å². The van der Waals surface area contributed by atoms with Crippen LogP contribution in [0.1, 0.15) is 57.4 Å². The third kappa shape index (κ3) is 4.03. The summed E-state index contributed by atoms with van der Waals surface area (Å²) in [5.74, 6) is -0.292. The minimum absolute atomic E-state index is 0.0812. The van der Waals surface area contributed by atoms with Crippen LogP contribution in [0.15, 0.2) is 24.3 Å². The van der Waals surface area contributed by atoms with E-state index >= 15 is 0 Å². The molecule has 0 aromatic heterocycles. The van der Waals surface area contributed by atoms with Crippen LogP contribution in [0.4, 0.5) is 5.69 Å². The van der Waals surface area contributed by atoms with Gasteiger partial charge in [0.1, 0.15) is 5.92 Å². The van der Waals surface area contributed by atoms with Gasteiger partial charge >= 0.3 is 0 Å². The number of carbonyl (C=O) groups is 2. The van der Waals surface area contributed by atoms with Gasteiger partial charge in [-0.15, -0.1) is 0 Å². The third-order valence-corrected chi connectivity index (χ3v) is 5.51. The molecular formula is C20H29N3O2. The number of hydrogen-bond donors (Lipinski definition) is 2. The van der Waals surface area contributed by atoms with Gasteiger partial charge in [0.25, 0.3) is 0 Å². The highest BCUT2D eigenvalue weighted by Gasteiger charge is 2.38. The Kier molecular flexibility index (Phi) is 5.42. The van der Waals surface area contributed by atoms with Crippen molar-refractivity contribution < 1.29 is 9.59 Å². The average Bonchev–Trinajstić information content (AvgIpc) is 2.98. The summed E-state index contributed by atoms with van der Waals surface area (Å²) in [6.45, 7) is 4.90. The molecule has 1 unspecified atom stereocenters. The van der Waals surface area contributed by atoms with Gasteiger partial charge in [-0.25, -0.2) is 0 Å². The topological polar surface area (TPSA) is 75.4 Å². The summed E-state index contributed by atoms with van der Waals surface area (Å²) in [6.07, 6.45) is 4.29. The van der Waals surface area contributed by atoms with Crippen LogP contribution in [-0.2, 0) is 9.59 Å². The normalized spacial score (nSPS) is 27.0. The zero-order valence-electron chi connectivity index (χ0n) is 15.2. The molecule has 3 N–H and O–H groups in total. The van der Waals surface area contributed by atoms with Crippen LogP contribution in [0, 0.1) is 5.92 Å². The summed E-state index contributed by atoms with van der Waals surface area (Å²) in [4.78, 5) is 27.0. The maximum Gasteiger partial charge on any atom is 0.239 e. The van der Waals surface area contributed by atoms with E-state index in [1.165, 1.54) is 5.56 Å². The van der Waals surface area contributed by atoms with Crippen LogP contribution in [0.25, 0.3) is 0 Å². The van der Waals surface area contributed by atoms with Crippen LogP contribution >= 0.6 is 0 Å². The number of anilines is 1. The molecule has 2 fully saturated rings. The first-order valence-electron chi connectivity index (χ1n) is 9.43. The molecule has 1 aliphatic carbocycles. The van der Waals surface area contributed by atoms with Crippen molar-refractivity contribution in [2.75, 3.05) is 11.4 Å². The number of nitrogens with one attached hydrogen (secondary N) is 1. The van der Waals surface area contributed by atoms with Gasteiger partial charge in [-0.3, -0.25) is 9.59 Å². The predicted molar refractivity (Wildman–Crippen MR) is 99.4 cm³/mol. The molecule has 1 heterocycles. The smallest absolute Gasteiger partial charge is 0.239 e. The lowest BCUT2D eigenvalue weighted by Crippen LogP contribution is -2.44. The molecule has 1 saturated carbocycles.